The average molecular weight is 247 g/mol. The van der Waals surface area contributed by atoms with Crippen molar-refractivity contribution in [2.75, 3.05) is 5.73 Å². The van der Waals surface area contributed by atoms with Crippen LogP contribution in [0.25, 0.3) is 0 Å². The molecule has 0 spiro atoms. The monoisotopic (exact) mass is 247 g/mol. The van der Waals surface area contributed by atoms with E-state index in [0.29, 0.717) is 11.7 Å². The van der Waals surface area contributed by atoms with Crippen LogP contribution in [0.15, 0.2) is 6.07 Å². The Morgan fingerprint density at radius 1 is 1.17 bits per heavy atom. The summed E-state index contributed by atoms with van der Waals surface area (Å²) in [5.74, 6) is 3.08. The molecule has 0 radical (unpaired) electrons. The van der Waals surface area contributed by atoms with Gasteiger partial charge in [-0.25, -0.2) is 9.97 Å². The second-order valence-electron chi connectivity index (χ2n) is 5.50. The summed E-state index contributed by atoms with van der Waals surface area (Å²) < 4.78 is 0. The highest BCUT2D eigenvalue weighted by Gasteiger charge is 2.24. The van der Waals surface area contributed by atoms with Crippen molar-refractivity contribution in [3.8, 4) is 0 Å². The highest BCUT2D eigenvalue weighted by atomic mass is 15.0. The standard InChI is InChI=1S/C15H25N3/c1-3-5-11-6-8-12(9-7-11)15-17-13(4-2)10-14(16)18-15/h10-12H,3-9H2,1-2H3,(H2,16,17,18). The van der Waals surface area contributed by atoms with Crippen molar-refractivity contribution in [3.05, 3.63) is 17.6 Å². The predicted octanol–water partition coefficient (Wildman–Crippen LogP) is 3.70. The lowest BCUT2D eigenvalue weighted by atomic mass is 9.80. The van der Waals surface area contributed by atoms with Crippen molar-refractivity contribution in [3.63, 3.8) is 0 Å². The molecule has 1 heterocycles. The molecule has 1 saturated carbocycles. The van der Waals surface area contributed by atoms with Gasteiger partial charge in [0.25, 0.3) is 0 Å². The fraction of sp³-hybridized carbons (Fsp3) is 0.733. The largest absolute Gasteiger partial charge is 0.384 e. The number of aryl methyl sites for hydroxylation is 1. The Bertz CT molecular complexity index is 381. The van der Waals surface area contributed by atoms with E-state index in [2.05, 4.69) is 23.8 Å². The van der Waals surface area contributed by atoms with Gasteiger partial charge in [-0.1, -0.05) is 26.7 Å². The van der Waals surface area contributed by atoms with Crippen molar-refractivity contribution >= 4 is 5.82 Å². The average Bonchev–Trinajstić information content (AvgIpc) is 2.39. The Labute approximate surface area is 110 Å². The minimum atomic E-state index is 0.534. The second kappa shape index (κ2) is 6.17. The topological polar surface area (TPSA) is 51.8 Å². The van der Waals surface area contributed by atoms with E-state index in [1.165, 1.54) is 38.5 Å². The first-order chi connectivity index (χ1) is 8.72. The summed E-state index contributed by atoms with van der Waals surface area (Å²) in [6, 6.07) is 1.90. The maximum Gasteiger partial charge on any atom is 0.134 e. The van der Waals surface area contributed by atoms with Gasteiger partial charge < -0.3 is 5.73 Å². The zero-order chi connectivity index (χ0) is 13.0. The summed E-state index contributed by atoms with van der Waals surface area (Å²) in [6.45, 7) is 4.39. The van der Waals surface area contributed by atoms with Crippen LogP contribution in [0.1, 0.15) is 69.8 Å². The molecule has 0 bridgehead atoms. The quantitative estimate of drug-likeness (QED) is 0.882. The predicted molar refractivity (Wildman–Crippen MR) is 75.4 cm³/mol. The van der Waals surface area contributed by atoms with E-state index >= 15 is 0 Å². The molecule has 1 aliphatic rings. The van der Waals surface area contributed by atoms with Crippen LogP contribution >= 0.6 is 0 Å². The normalized spacial score (nSPS) is 24.1. The molecular weight excluding hydrogens is 222 g/mol. The summed E-state index contributed by atoms with van der Waals surface area (Å²) >= 11 is 0. The summed E-state index contributed by atoms with van der Waals surface area (Å²) in [5.41, 5.74) is 6.94. The molecule has 0 atom stereocenters. The fourth-order valence-corrected chi connectivity index (χ4v) is 3.02. The first-order valence-corrected chi connectivity index (χ1v) is 7.36. The van der Waals surface area contributed by atoms with Gasteiger partial charge >= 0.3 is 0 Å². The SMILES string of the molecule is CCCC1CCC(c2nc(N)cc(CC)n2)CC1. The molecule has 0 unspecified atom stereocenters. The fourth-order valence-electron chi connectivity index (χ4n) is 3.02. The first kappa shape index (κ1) is 13.3. The van der Waals surface area contributed by atoms with E-state index < -0.39 is 0 Å². The lowest BCUT2D eigenvalue weighted by molar-refractivity contribution is 0.302. The summed E-state index contributed by atoms with van der Waals surface area (Å²) in [5, 5.41) is 0. The first-order valence-electron chi connectivity index (χ1n) is 7.36. The van der Waals surface area contributed by atoms with Crippen LogP contribution < -0.4 is 5.73 Å². The molecule has 1 aliphatic carbocycles. The molecule has 1 aromatic rings. The van der Waals surface area contributed by atoms with Crippen LogP contribution in [-0.4, -0.2) is 9.97 Å². The van der Waals surface area contributed by atoms with Gasteiger partial charge in [0.15, 0.2) is 0 Å². The third kappa shape index (κ3) is 3.21. The summed E-state index contributed by atoms with van der Waals surface area (Å²) in [6.07, 6.45) is 8.75. The van der Waals surface area contributed by atoms with Crippen LogP contribution in [0.4, 0.5) is 5.82 Å². The smallest absolute Gasteiger partial charge is 0.134 e. The number of hydrogen-bond donors (Lipinski definition) is 1. The van der Waals surface area contributed by atoms with Crippen molar-refractivity contribution in [2.45, 2.75) is 64.7 Å². The molecule has 0 saturated heterocycles. The number of hydrogen-bond acceptors (Lipinski definition) is 3. The number of rotatable bonds is 4. The lowest BCUT2D eigenvalue weighted by Gasteiger charge is -2.27. The van der Waals surface area contributed by atoms with Gasteiger partial charge in [-0.2, -0.15) is 0 Å². The highest BCUT2D eigenvalue weighted by molar-refractivity contribution is 5.30. The van der Waals surface area contributed by atoms with Crippen molar-refractivity contribution < 1.29 is 0 Å². The Kier molecular flexibility index (Phi) is 4.56. The number of aromatic nitrogens is 2. The second-order valence-corrected chi connectivity index (χ2v) is 5.50. The Morgan fingerprint density at radius 3 is 2.50 bits per heavy atom. The van der Waals surface area contributed by atoms with Crippen LogP contribution in [0.3, 0.4) is 0 Å². The molecule has 3 heteroatoms. The van der Waals surface area contributed by atoms with Gasteiger partial charge in [0, 0.05) is 17.7 Å². The number of nitrogens with two attached hydrogens (primary N) is 1. The third-order valence-electron chi connectivity index (χ3n) is 4.09. The molecule has 0 amide bonds. The zero-order valence-electron chi connectivity index (χ0n) is 11.7. The van der Waals surface area contributed by atoms with Crippen molar-refractivity contribution in [1.82, 2.24) is 9.97 Å². The van der Waals surface area contributed by atoms with E-state index in [1.54, 1.807) is 0 Å². The van der Waals surface area contributed by atoms with Crippen molar-refractivity contribution in [2.24, 2.45) is 5.92 Å². The molecule has 1 fully saturated rings. The van der Waals surface area contributed by atoms with Crippen LogP contribution in [0.5, 0.6) is 0 Å². The Hall–Kier alpha value is -1.12. The molecule has 18 heavy (non-hydrogen) atoms. The van der Waals surface area contributed by atoms with Gasteiger partial charge in [0.1, 0.15) is 11.6 Å². The highest BCUT2D eigenvalue weighted by Crippen LogP contribution is 2.36. The minimum absolute atomic E-state index is 0.534. The zero-order valence-corrected chi connectivity index (χ0v) is 11.7. The van der Waals surface area contributed by atoms with E-state index in [0.717, 1.165) is 23.9 Å². The molecular formula is C15H25N3. The maximum absolute atomic E-state index is 5.87. The van der Waals surface area contributed by atoms with E-state index in [9.17, 15) is 0 Å². The number of anilines is 1. The number of nitrogens with zero attached hydrogens (tertiary/aromatic N) is 2. The van der Waals surface area contributed by atoms with Crippen LogP contribution in [-0.2, 0) is 6.42 Å². The van der Waals surface area contributed by atoms with Gasteiger partial charge in [0.05, 0.1) is 0 Å². The lowest BCUT2D eigenvalue weighted by Crippen LogP contribution is -2.16. The van der Waals surface area contributed by atoms with Crippen molar-refractivity contribution in [1.29, 1.82) is 0 Å². The Balaban J connectivity index is 2.02. The number of nitrogen functional groups attached to an aromatic ring is 1. The van der Waals surface area contributed by atoms with E-state index in [4.69, 9.17) is 5.73 Å². The molecule has 100 valence electrons. The van der Waals surface area contributed by atoms with E-state index in [1.807, 2.05) is 6.07 Å². The van der Waals surface area contributed by atoms with Crippen LogP contribution in [0.2, 0.25) is 0 Å². The third-order valence-corrected chi connectivity index (χ3v) is 4.09. The van der Waals surface area contributed by atoms with Gasteiger partial charge in [-0.05, 0) is 38.0 Å². The van der Waals surface area contributed by atoms with Gasteiger partial charge in [-0.3, -0.25) is 0 Å². The van der Waals surface area contributed by atoms with Gasteiger partial charge in [0.2, 0.25) is 0 Å². The summed E-state index contributed by atoms with van der Waals surface area (Å²) in [7, 11) is 0. The van der Waals surface area contributed by atoms with Gasteiger partial charge in [-0.15, -0.1) is 0 Å². The molecule has 2 rings (SSSR count). The van der Waals surface area contributed by atoms with E-state index in [-0.39, 0.29) is 0 Å². The molecule has 0 aromatic carbocycles. The molecule has 3 nitrogen and oxygen atoms in total. The maximum atomic E-state index is 5.87. The Morgan fingerprint density at radius 2 is 1.89 bits per heavy atom. The van der Waals surface area contributed by atoms with Crippen LogP contribution in [0, 0.1) is 5.92 Å². The molecule has 0 aliphatic heterocycles. The molecule has 2 N–H and O–H groups in total. The molecule has 1 aromatic heterocycles. The summed E-state index contributed by atoms with van der Waals surface area (Å²) in [4.78, 5) is 9.10. The minimum Gasteiger partial charge on any atom is -0.384 e.